The number of anilines is 1. The molecular weight excluding hydrogens is 275 g/mol. The van der Waals surface area contributed by atoms with E-state index >= 15 is 0 Å². The fourth-order valence-corrected chi connectivity index (χ4v) is 2.23. The Labute approximate surface area is 121 Å². The van der Waals surface area contributed by atoms with E-state index in [2.05, 4.69) is 4.98 Å². The molecule has 0 unspecified atom stereocenters. The van der Waals surface area contributed by atoms with Gasteiger partial charge in [-0.25, -0.2) is 9.18 Å². The van der Waals surface area contributed by atoms with Crippen molar-refractivity contribution in [2.45, 2.75) is 13.8 Å². The number of carbonyl (C=O) groups is 2. The van der Waals surface area contributed by atoms with Crippen LogP contribution in [0, 0.1) is 19.7 Å². The number of benzene rings is 1. The number of nitrogens with one attached hydrogen (secondary N) is 1. The molecule has 0 aliphatic heterocycles. The maximum atomic E-state index is 12.9. The van der Waals surface area contributed by atoms with Crippen molar-refractivity contribution in [2.75, 3.05) is 11.9 Å². The molecule has 110 valence electrons. The third-order valence-electron chi connectivity index (χ3n) is 3.38. The maximum absolute atomic E-state index is 12.9. The summed E-state index contributed by atoms with van der Waals surface area (Å²) >= 11 is 0. The summed E-state index contributed by atoms with van der Waals surface area (Å²) in [5, 5.41) is 9.07. The molecule has 0 saturated heterocycles. The monoisotopic (exact) mass is 290 g/mol. The first-order chi connectivity index (χ1) is 9.82. The van der Waals surface area contributed by atoms with Crippen molar-refractivity contribution in [2.24, 2.45) is 0 Å². The third-order valence-corrected chi connectivity index (χ3v) is 3.38. The van der Waals surface area contributed by atoms with E-state index in [9.17, 15) is 14.0 Å². The summed E-state index contributed by atoms with van der Waals surface area (Å²) in [6.45, 7) is 3.23. The zero-order chi connectivity index (χ0) is 15.7. The van der Waals surface area contributed by atoms with Gasteiger partial charge in [0.05, 0.1) is 5.56 Å². The zero-order valence-electron chi connectivity index (χ0n) is 11.9. The summed E-state index contributed by atoms with van der Waals surface area (Å²) in [4.78, 5) is 27.7. The van der Waals surface area contributed by atoms with Crippen LogP contribution < -0.4 is 4.90 Å². The molecule has 0 aliphatic rings. The smallest absolute Gasteiger partial charge is 0.352 e. The molecular formula is C15H15FN2O3. The quantitative estimate of drug-likeness (QED) is 0.912. The molecule has 1 aromatic heterocycles. The van der Waals surface area contributed by atoms with Crippen LogP contribution in [0.3, 0.4) is 0 Å². The van der Waals surface area contributed by atoms with Crippen LogP contribution in [0.4, 0.5) is 10.1 Å². The van der Waals surface area contributed by atoms with Gasteiger partial charge < -0.3 is 15.0 Å². The number of carboxylic acids is 1. The van der Waals surface area contributed by atoms with Gasteiger partial charge in [0.2, 0.25) is 0 Å². The van der Waals surface area contributed by atoms with Crippen molar-refractivity contribution >= 4 is 17.6 Å². The maximum Gasteiger partial charge on any atom is 0.352 e. The lowest BCUT2D eigenvalue weighted by Gasteiger charge is -2.17. The van der Waals surface area contributed by atoms with Crippen LogP contribution >= 0.6 is 0 Å². The van der Waals surface area contributed by atoms with Gasteiger partial charge >= 0.3 is 5.97 Å². The van der Waals surface area contributed by atoms with Gasteiger partial charge in [-0.1, -0.05) is 0 Å². The second kappa shape index (κ2) is 5.40. The first-order valence-corrected chi connectivity index (χ1v) is 6.29. The SMILES string of the molecule is Cc1[nH]c(C(=O)O)c(C)c1C(=O)N(C)c1ccc(F)cc1. The summed E-state index contributed by atoms with van der Waals surface area (Å²) < 4.78 is 12.9. The summed E-state index contributed by atoms with van der Waals surface area (Å²) in [5.74, 6) is -1.85. The topological polar surface area (TPSA) is 73.4 Å². The van der Waals surface area contributed by atoms with Gasteiger partial charge in [-0.2, -0.15) is 0 Å². The molecule has 0 fully saturated rings. The Morgan fingerprint density at radius 1 is 1.19 bits per heavy atom. The van der Waals surface area contributed by atoms with Crippen LogP contribution in [0.2, 0.25) is 0 Å². The first-order valence-electron chi connectivity index (χ1n) is 6.29. The Morgan fingerprint density at radius 2 is 1.76 bits per heavy atom. The van der Waals surface area contributed by atoms with Crippen molar-refractivity contribution in [1.29, 1.82) is 0 Å². The van der Waals surface area contributed by atoms with E-state index in [4.69, 9.17) is 5.11 Å². The van der Waals surface area contributed by atoms with E-state index in [1.807, 2.05) is 0 Å². The van der Waals surface area contributed by atoms with Crippen LogP contribution in [0.15, 0.2) is 24.3 Å². The average Bonchev–Trinajstić information content (AvgIpc) is 2.73. The number of nitrogens with zero attached hydrogens (tertiary/aromatic N) is 1. The van der Waals surface area contributed by atoms with Crippen LogP contribution in [-0.4, -0.2) is 29.0 Å². The molecule has 0 atom stereocenters. The lowest BCUT2D eigenvalue weighted by Crippen LogP contribution is -2.27. The number of amides is 1. The van der Waals surface area contributed by atoms with Gasteiger partial charge in [-0.05, 0) is 43.7 Å². The zero-order valence-corrected chi connectivity index (χ0v) is 11.9. The fraction of sp³-hybridized carbons (Fsp3) is 0.200. The predicted molar refractivity (Wildman–Crippen MR) is 76.4 cm³/mol. The molecule has 1 aromatic carbocycles. The molecule has 0 radical (unpaired) electrons. The first kappa shape index (κ1) is 14.8. The van der Waals surface area contributed by atoms with E-state index in [1.54, 1.807) is 20.9 Å². The molecule has 5 nitrogen and oxygen atoms in total. The highest BCUT2D eigenvalue weighted by molar-refractivity contribution is 6.09. The minimum absolute atomic E-state index is 0.00311. The second-order valence-electron chi connectivity index (χ2n) is 4.77. The van der Waals surface area contributed by atoms with Gasteiger partial charge in [0.15, 0.2) is 0 Å². The Bertz CT molecular complexity index is 704. The van der Waals surface area contributed by atoms with Crippen molar-refractivity contribution in [3.05, 3.63) is 52.6 Å². The Hall–Kier alpha value is -2.63. The number of carbonyl (C=O) groups excluding carboxylic acids is 1. The van der Waals surface area contributed by atoms with Crippen LogP contribution in [0.1, 0.15) is 32.1 Å². The highest BCUT2D eigenvalue weighted by atomic mass is 19.1. The molecule has 1 amide bonds. The van der Waals surface area contributed by atoms with Gasteiger partial charge in [0.1, 0.15) is 11.5 Å². The van der Waals surface area contributed by atoms with Crippen molar-refractivity contribution in [1.82, 2.24) is 4.98 Å². The minimum Gasteiger partial charge on any atom is -0.477 e. The van der Waals surface area contributed by atoms with Gasteiger partial charge in [0, 0.05) is 18.4 Å². The lowest BCUT2D eigenvalue weighted by molar-refractivity contribution is 0.0690. The Morgan fingerprint density at radius 3 is 2.24 bits per heavy atom. The number of halogens is 1. The lowest BCUT2D eigenvalue weighted by atomic mass is 10.1. The second-order valence-corrected chi connectivity index (χ2v) is 4.77. The van der Waals surface area contributed by atoms with Crippen LogP contribution in [0.25, 0.3) is 0 Å². The van der Waals surface area contributed by atoms with Gasteiger partial charge in [-0.3, -0.25) is 4.79 Å². The number of rotatable bonds is 3. The third kappa shape index (κ3) is 2.65. The highest BCUT2D eigenvalue weighted by Crippen LogP contribution is 2.22. The Balaban J connectivity index is 2.40. The van der Waals surface area contributed by atoms with E-state index in [0.717, 1.165) is 0 Å². The average molecular weight is 290 g/mol. The molecule has 0 spiro atoms. The summed E-state index contributed by atoms with van der Waals surface area (Å²) in [6.07, 6.45) is 0. The van der Waals surface area contributed by atoms with E-state index in [0.29, 0.717) is 22.5 Å². The van der Waals surface area contributed by atoms with Gasteiger partial charge in [0.25, 0.3) is 5.91 Å². The van der Waals surface area contributed by atoms with Crippen LogP contribution in [0.5, 0.6) is 0 Å². The summed E-state index contributed by atoms with van der Waals surface area (Å²) in [7, 11) is 1.56. The van der Waals surface area contributed by atoms with Crippen molar-refractivity contribution in [3.63, 3.8) is 0 Å². The number of aromatic amines is 1. The highest BCUT2D eigenvalue weighted by Gasteiger charge is 2.24. The molecule has 2 aromatic rings. The summed E-state index contributed by atoms with van der Waals surface area (Å²) in [6, 6.07) is 5.50. The molecule has 0 bridgehead atoms. The number of hydrogen-bond donors (Lipinski definition) is 2. The number of aromatic carboxylic acids is 1. The van der Waals surface area contributed by atoms with Crippen molar-refractivity contribution in [3.8, 4) is 0 Å². The molecule has 2 rings (SSSR count). The van der Waals surface area contributed by atoms with E-state index in [-0.39, 0.29) is 17.4 Å². The molecule has 21 heavy (non-hydrogen) atoms. The number of carboxylic acid groups (broad SMARTS) is 1. The van der Waals surface area contributed by atoms with Crippen LogP contribution in [-0.2, 0) is 0 Å². The molecule has 0 saturated carbocycles. The van der Waals surface area contributed by atoms with Crippen molar-refractivity contribution < 1.29 is 19.1 Å². The molecule has 1 heterocycles. The summed E-state index contributed by atoms with van der Waals surface area (Å²) in [5.41, 5.74) is 1.73. The van der Waals surface area contributed by atoms with E-state index in [1.165, 1.54) is 29.2 Å². The molecule has 0 aliphatic carbocycles. The largest absolute Gasteiger partial charge is 0.477 e. The normalized spacial score (nSPS) is 10.5. The number of H-pyrrole nitrogens is 1. The van der Waals surface area contributed by atoms with E-state index < -0.39 is 5.97 Å². The predicted octanol–water partition coefficient (Wildman–Crippen LogP) is 2.75. The van der Waals surface area contributed by atoms with Gasteiger partial charge in [-0.15, -0.1) is 0 Å². The Kier molecular flexibility index (Phi) is 3.80. The molecule has 2 N–H and O–H groups in total. The number of aromatic nitrogens is 1. The molecule has 6 heteroatoms. The minimum atomic E-state index is -1.11. The standard InChI is InChI=1S/C15H15FN2O3/c1-8-12(9(2)17-13(8)15(20)21)14(19)18(3)11-6-4-10(16)5-7-11/h4-7,17H,1-3H3,(H,20,21). The fourth-order valence-electron chi connectivity index (χ4n) is 2.23. The number of aryl methyl sites for hydroxylation is 1. The number of hydrogen-bond acceptors (Lipinski definition) is 2.